The Morgan fingerprint density at radius 2 is 1.73 bits per heavy atom. The number of pyridine rings is 1. The van der Waals surface area contributed by atoms with Gasteiger partial charge in [0.15, 0.2) is 0 Å². The molecule has 3 heterocycles. The zero-order valence-electron chi connectivity index (χ0n) is 13.6. The first-order valence-electron chi connectivity index (χ1n) is 7.64. The molecular weight excluding hydrogens is 286 g/mol. The van der Waals surface area contributed by atoms with E-state index in [0.29, 0.717) is 32.0 Å². The van der Waals surface area contributed by atoms with Crippen LogP contribution in [0.3, 0.4) is 0 Å². The molecule has 22 heavy (non-hydrogen) atoms. The molecule has 0 amide bonds. The van der Waals surface area contributed by atoms with Crippen molar-refractivity contribution < 1.29 is 18.4 Å². The van der Waals surface area contributed by atoms with Crippen molar-refractivity contribution in [1.29, 1.82) is 0 Å². The first kappa shape index (κ1) is 15.7. The van der Waals surface area contributed by atoms with Crippen molar-refractivity contribution in [2.45, 2.75) is 38.9 Å². The third kappa shape index (κ3) is 2.73. The molecule has 0 aromatic carbocycles. The Labute approximate surface area is 130 Å². The number of ether oxygens (including phenoxy) is 1. The SMILES string of the molecule is CC1(C)OB(c2cnc(F)c(N3CCOCC3)c2)OC1(C)C. The van der Waals surface area contributed by atoms with Gasteiger partial charge in [0.1, 0.15) is 0 Å². The van der Waals surface area contributed by atoms with E-state index in [1.807, 2.05) is 32.6 Å². The molecule has 7 heteroatoms. The van der Waals surface area contributed by atoms with Gasteiger partial charge in [-0.15, -0.1) is 0 Å². The second-order valence-electron chi connectivity index (χ2n) is 6.77. The summed E-state index contributed by atoms with van der Waals surface area (Å²) in [5.74, 6) is -0.470. The van der Waals surface area contributed by atoms with Crippen molar-refractivity contribution >= 4 is 18.3 Å². The van der Waals surface area contributed by atoms with E-state index >= 15 is 0 Å². The minimum atomic E-state index is -0.530. The lowest BCUT2D eigenvalue weighted by Gasteiger charge is -2.32. The molecule has 0 saturated carbocycles. The fraction of sp³-hybridized carbons (Fsp3) is 0.667. The number of hydrogen-bond acceptors (Lipinski definition) is 5. The van der Waals surface area contributed by atoms with Crippen molar-refractivity contribution in [2.75, 3.05) is 31.2 Å². The molecule has 120 valence electrons. The summed E-state index contributed by atoms with van der Waals surface area (Å²) < 4.78 is 31.4. The highest BCUT2D eigenvalue weighted by atomic mass is 19.1. The summed E-state index contributed by atoms with van der Waals surface area (Å²) in [5.41, 5.74) is 0.369. The van der Waals surface area contributed by atoms with E-state index in [1.165, 1.54) is 6.20 Å². The highest BCUT2D eigenvalue weighted by molar-refractivity contribution is 6.62. The number of halogens is 1. The molecule has 0 bridgehead atoms. The molecule has 2 aliphatic heterocycles. The van der Waals surface area contributed by atoms with Gasteiger partial charge in [-0.2, -0.15) is 4.39 Å². The van der Waals surface area contributed by atoms with E-state index in [0.717, 1.165) is 5.46 Å². The first-order valence-corrected chi connectivity index (χ1v) is 7.64. The Morgan fingerprint density at radius 1 is 1.14 bits per heavy atom. The Hall–Kier alpha value is -1.18. The molecule has 1 aromatic heterocycles. The van der Waals surface area contributed by atoms with Gasteiger partial charge in [0.25, 0.3) is 0 Å². The van der Waals surface area contributed by atoms with Crippen LogP contribution < -0.4 is 10.4 Å². The summed E-state index contributed by atoms with van der Waals surface area (Å²) in [6, 6.07) is 1.77. The second kappa shape index (κ2) is 5.47. The number of nitrogens with zero attached hydrogens (tertiary/aromatic N) is 2. The monoisotopic (exact) mass is 308 g/mol. The van der Waals surface area contributed by atoms with E-state index in [4.69, 9.17) is 14.0 Å². The third-order valence-electron chi connectivity index (χ3n) is 4.72. The van der Waals surface area contributed by atoms with Gasteiger partial charge < -0.3 is 18.9 Å². The molecule has 2 fully saturated rings. The van der Waals surface area contributed by atoms with Crippen LogP contribution in [0.4, 0.5) is 10.1 Å². The molecule has 2 aliphatic rings. The lowest BCUT2D eigenvalue weighted by Crippen LogP contribution is -2.41. The highest BCUT2D eigenvalue weighted by Crippen LogP contribution is 2.36. The standard InChI is InChI=1S/C15H22BFN2O3/c1-14(2)15(3,4)22-16(21-14)11-9-12(13(17)18-10-11)19-5-7-20-8-6-19/h9-10H,5-8H2,1-4H3. The van der Waals surface area contributed by atoms with Crippen LogP contribution in [0, 0.1) is 5.95 Å². The molecule has 2 saturated heterocycles. The maximum atomic E-state index is 14.1. The Morgan fingerprint density at radius 3 is 2.32 bits per heavy atom. The Kier molecular flexibility index (Phi) is 3.91. The van der Waals surface area contributed by atoms with E-state index in [9.17, 15) is 4.39 Å². The van der Waals surface area contributed by atoms with Crippen LogP contribution in [-0.2, 0) is 14.0 Å². The average molecular weight is 308 g/mol. The summed E-state index contributed by atoms with van der Waals surface area (Å²) in [4.78, 5) is 5.83. The van der Waals surface area contributed by atoms with Crippen LogP contribution in [0.25, 0.3) is 0 Å². The van der Waals surface area contributed by atoms with Gasteiger partial charge in [-0.1, -0.05) is 0 Å². The average Bonchev–Trinajstić information content (AvgIpc) is 2.69. The van der Waals surface area contributed by atoms with Gasteiger partial charge in [-0.25, -0.2) is 4.98 Å². The highest BCUT2D eigenvalue weighted by Gasteiger charge is 2.52. The summed E-state index contributed by atoms with van der Waals surface area (Å²) >= 11 is 0. The molecule has 0 radical (unpaired) electrons. The van der Waals surface area contributed by atoms with Crippen LogP contribution in [0.2, 0.25) is 0 Å². The molecule has 0 spiro atoms. The largest absolute Gasteiger partial charge is 0.496 e. The summed E-state index contributed by atoms with van der Waals surface area (Å²) in [5, 5.41) is 0. The minimum Gasteiger partial charge on any atom is -0.399 e. The van der Waals surface area contributed by atoms with Gasteiger partial charge in [-0.3, -0.25) is 0 Å². The quantitative estimate of drug-likeness (QED) is 0.610. The normalized spacial score (nSPS) is 23.9. The topological polar surface area (TPSA) is 43.8 Å². The molecule has 0 N–H and O–H groups in total. The fourth-order valence-corrected chi connectivity index (χ4v) is 2.59. The van der Waals surface area contributed by atoms with E-state index in [-0.39, 0.29) is 0 Å². The van der Waals surface area contributed by atoms with Crippen molar-refractivity contribution in [3.63, 3.8) is 0 Å². The maximum absolute atomic E-state index is 14.1. The molecule has 5 nitrogen and oxygen atoms in total. The van der Waals surface area contributed by atoms with Crippen LogP contribution in [-0.4, -0.2) is 49.6 Å². The van der Waals surface area contributed by atoms with Crippen LogP contribution >= 0.6 is 0 Å². The van der Waals surface area contributed by atoms with Gasteiger partial charge in [0, 0.05) is 24.7 Å². The zero-order valence-corrected chi connectivity index (χ0v) is 13.6. The smallest absolute Gasteiger partial charge is 0.399 e. The van der Waals surface area contributed by atoms with Gasteiger partial charge in [-0.05, 0) is 33.8 Å². The van der Waals surface area contributed by atoms with Crippen molar-refractivity contribution in [3.8, 4) is 0 Å². The number of morpholine rings is 1. The molecule has 3 rings (SSSR count). The zero-order chi connectivity index (χ0) is 16.0. The van der Waals surface area contributed by atoms with Crippen molar-refractivity contribution in [3.05, 3.63) is 18.2 Å². The van der Waals surface area contributed by atoms with E-state index in [2.05, 4.69) is 4.98 Å². The molecular formula is C15H22BFN2O3. The molecule has 0 unspecified atom stereocenters. The predicted octanol–water partition coefficient (Wildman–Crippen LogP) is 1.36. The van der Waals surface area contributed by atoms with Gasteiger partial charge in [0.05, 0.1) is 30.1 Å². The number of anilines is 1. The van der Waals surface area contributed by atoms with Crippen LogP contribution in [0.1, 0.15) is 27.7 Å². The predicted molar refractivity (Wildman–Crippen MR) is 82.9 cm³/mol. The second-order valence-corrected chi connectivity index (χ2v) is 6.77. The Balaban J connectivity index is 1.87. The number of hydrogen-bond donors (Lipinski definition) is 0. The van der Waals surface area contributed by atoms with Gasteiger partial charge in [0.2, 0.25) is 5.95 Å². The Bertz CT molecular complexity index is 546. The maximum Gasteiger partial charge on any atom is 0.496 e. The fourth-order valence-electron chi connectivity index (χ4n) is 2.59. The lowest BCUT2D eigenvalue weighted by molar-refractivity contribution is 0.00578. The first-order chi connectivity index (χ1) is 10.3. The van der Waals surface area contributed by atoms with Crippen molar-refractivity contribution in [2.24, 2.45) is 0 Å². The third-order valence-corrected chi connectivity index (χ3v) is 4.72. The minimum absolute atomic E-state index is 0.425. The molecule has 0 atom stereocenters. The van der Waals surface area contributed by atoms with Gasteiger partial charge >= 0.3 is 7.12 Å². The van der Waals surface area contributed by atoms with E-state index < -0.39 is 24.3 Å². The van der Waals surface area contributed by atoms with Crippen molar-refractivity contribution in [1.82, 2.24) is 4.98 Å². The van der Waals surface area contributed by atoms with Crippen LogP contribution in [0.15, 0.2) is 12.3 Å². The summed E-state index contributed by atoms with van der Waals surface area (Å²) in [6.45, 7) is 10.5. The van der Waals surface area contributed by atoms with Crippen LogP contribution in [0.5, 0.6) is 0 Å². The number of aromatic nitrogens is 1. The summed E-state index contributed by atoms with van der Waals surface area (Å²) in [6.07, 6.45) is 1.49. The van der Waals surface area contributed by atoms with E-state index in [1.54, 1.807) is 6.07 Å². The lowest BCUT2D eigenvalue weighted by atomic mass is 9.80. The summed E-state index contributed by atoms with van der Waals surface area (Å²) in [7, 11) is -0.530. The molecule has 0 aliphatic carbocycles. The number of rotatable bonds is 2. The molecule has 1 aromatic rings.